The Morgan fingerprint density at radius 3 is 2.71 bits per heavy atom. The number of hydrogen-bond donors (Lipinski definition) is 1. The molecule has 4 rings (SSSR count). The lowest BCUT2D eigenvalue weighted by molar-refractivity contribution is -0.00779. The Morgan fingerprint density at radius 1 is 1.08 bits per heavy atom. The molecule has 2 aliphatic rings. The molecule has 2 fully saturated rings. The fourth-order valence-corrected chi connectivity index (χ4v) is 5.35. The molecule has 24 heavy (non-hydrogen) atoms. The number of rotatable bonds is 3. The molecule has 4 atom stereocenters. The van der Waals surface area contributed by atoms with E-state index in [1.807, 2.05) is 18.2 Å². The molecule has 2 aromatic carbocycles. The van der Waals surface area contributed by atoms with Crippen molar-refractivity contribution in [2.45, 2.75) is 44.6 Å². The van der Waals surface area contributed by atoms with Crippen molar-refractivity contribution in [1.82, 2.24) is 0 Å². The van der Waals surface area contributed by atoms with Crippen LogP contribution in [0.25, 0.3) is 11.1 Å². The lowest BCUT2D eigenvalue weighted by atomic mass is 9.75. The third kappa shape index (κ3) is 2.68. The first-order valence-corrected chi connectivity index (χ1v) is 9.55. The summed E-state index contributed by atoms with van der Waals surface area (Å²) in [5.41, 5.74) is 2.63. The second-order valence-corrected chi connectivity index (χ2v) is 8.17. The molecular weight excluding hydrogens is 316 g/mol. The third-order valence-electron chi connectivity index (χ3n) is 6.28. The summed E-state index contributed by atoms with van der Waals surface area (Å²) in [6.07, 6.45) is 5.77. The van der Waals surface area contributed by atoms with Gasteiger partial charge in [-0.25, -0.2) is 0 Å². The second-order valence-electron chi connectivity index (χ2n) is 7.73. The van der Waals surface area contributed by atoms with Gasteiger partial charge in [-0.3, -0.25) is 0 Å². The van der Waals surface area contributed by atoms with E-state index in [1.165, 1.54) is 19.3 Å². The minimum absolute atomic E-state index is 0.390. The number of benzene rings is 2. The van der Waals surface area contributed by atoms with Crippen molar-refractivity contribution in [1.29, 1.82) is 0 Å². The molecule has 0 saturated heterocycles. The van der Waals surface area contributed by atoms with Gasteiger partial charge in [-0.15, -0.1) is 0 Å². The van der Waals surface area contributed by atoms with Crippen LogP contribution in [0.2, 0.25) is 5.02 Å². The van der Waals surface area contributed by atoms with Crippen molar-refractivity contribution < 1.29 is 5.11 Å². The van der Waals surface area contributed by atoms with E-state index in [4.69, 9.17) is 11.6 Å². The van der Waals surface area contributed by atoms with Crippen molar-refractivity contribution in [2.24, 2.45) is 17.8 Å². The van der Waals surface area contributed by atoms with Crippen LogP contribution in [0.3, 0.4) is 0 Å². The Labute approximate surface area is 149 Å². The summed E-state index contributed by atoms with van der Waals surface area (Å²) in [7, 11) is 0. The predicted molar refractivity (Wildman–Crippen MR) is 100 cm³/mol. The van der Waals surface area contributed by atoms with Gasteiger partial charge in [0.15, 0.2) is 0 Å². The summed E-state index contributed by atoms with van der Waals surface area (Å²) in [6, 6.07) is 16.3. The lowest BCUT2D eigenvalue weighted by Crippen LogP contribution is -2.31. The van der Waals surface area contributed by atoms with Crippen LogP contribution in [0, 0.1) is 17.8 Å². The first-order valence-electron chi connectivity index (χ1n) is 9.18. The van der Waals surface area contributed by atoms with Crippen LogP contribution in [0.4, 0.5) is 0 Å². The van der Waals surface area contributed by atoms with Crippen LogP contribution in [0.15, 0.2) is 48.5 Å². The first-order chi connectivity index (χ1) is 11.6. The zero-order chi connectivity index (χ0) is 16.7. The van der Waals surface area contributed by atoms with Crippen LogP contribution in [0.5, 0.6) is 0 Å². The van der Waals surface area contributed by atoms with Gasteiger partial charge in [0.05, 0.1) is 5.60 Å². The SMILES string of the molecule is CCC1CC2CC(C1)C(O)(c1ccccc1-c1cccc(Cl)c1)C2. The average Bonchev–Trinajstić information content (AvgIpc) is 2.84. The number of halogens is 1. The highest BCUT2D eigenvalue weighted by atomic mass is 35.5. The highest BCUT2D eigenvalue weighted by Crippen LogP contribution is 2.56. The molecule has 0 aliphatic heterocycles. The summed E-state index contributed by atoms with van der Waals surface area (Å²) in [4.78, 5) is 0. The Bertz CT molecular complexity index is 740. The van der Waals surface area contributed by atoms with Crippen molar-refractivity contribution >= 4 is 11.6 Å². The second kappa shape index (κ2) is 6.20. The Balaban J connectivity index is 1.78. The van der Waals surface area contributed by atoms with Gasteiger partial charge in [0.25, 0.3) is 0 Å². The van der Waals surface area contributed by atoms with Gasteiger partial charge in [-0.2, -0.15) is 0 Å². The quantitative estimate of drug-likeness (QED) is 0.722. The number of hydrogen-bond acceptors (Lipinski definition) is 1. The molecule has 126 valence electrons. The maximum Gasteiger partial charge on any atom is 0.0933 e. The summed E-state index contributed by atoms with van der Waals surface area (Å²) in [5, 5.41) is 12.5. The Kier molecular flexibility index (Phi) is 4.18. The van der Waals surface area contributed by atoms with E-state index >= 15 is 0 Å². The zero-order valence-corrected chi connectivity index (χ0v) is 15.0. The topological polar surface area (TPSA) is 20.2 Å². The van der Waals surface area contributed by atoms with Crippen LogP contribution < -0.4 is 0 Å². The largest absolute Gasteiger partial charge is 0.385 e. The van der Waals surface area contributed by atoms with Gasteiger partial charge in [0.2, 0.25) is 0 Å². The minimum atomic E-state index is -0.687. The van der Waals surface area contributed by atoms with Gasteiger partial charge in [0, 0.05) is 5.02 Å². The molecule has 2 saturated carbocycles. The summed E-state index contributed by atoms with van der Waals surface area (Å²) in [5.74, 6) is 1.84. The van der Waals surface area contributed by atoms with E-state index in [-0.39, 0.29) is 0 Å². The molecule has 4 unspecified atom stereocenters. The van der Waals surface area contributed by atoms with Crippen LogP contribution in [0.1, 0.15) is 44.6 Å². The highest BCUT2D eigenvalue weighted by molar-refractivity contribution is 6.30. The molecule has 2 aliphatic carbocycles. The molecular formula is C22H25ClO. The predicted octanol–water partition coefficient (Wildman–Crippen LogP) is 6.04. The van der Waals surface area contributed by atoms with Crippen molar-refractivity contribution in [3.05, 3.63) is 59.1 Å². The monoisotopic (exact) mass is 340 g/mol. The molecule has 1 nitrogen and oxygen atoms in total. The first kappa shape index (κ1) is 16.2. The van der Waals surface area contributed by atoms with Crippen molar-refractivity contribution in [2.75, 3.05) is 0 Å². The Morgan fingerprint density at radius 2 is 1.92 bits per heavy atom. The fraction of sp³-hybridized carbons (Fsp3) is 0.455. The van der Waals surface area contributed by atoms with Gasteiger partial charge < -0.3 is 5.11 Å². The Hall–Kier alpha value is -1.31. The van der Waals surface area contributed by atoms with E-state index in [2.05, 4.69) is 37.3 Å². The van der Waals surface area contributed by atoms with Gasteiger partial charge in [-0.05, 0) is 72.3 Å². The molecule has 0 amide bonds. The third-order valence-corrected chi connectivity index (χ3v) is 6.52. The molecule has 0 spiro atoms. The number of aliphatic hydroxyl groups is 1. The smallest absolute Gasteiger partial charge is 0.0933 e. The molecule has 2 heteroatoms. The minimum Gasteiger partial charge on any atom is -0.385 e. The normalized spacial score (nSPS) is 32.0. The van der Waals surface area contributed by atoms with E-state index in [1.54, 1.807) is 0 Å². The molecule has 0 heterocycles. The van der Waals surface area contributed by atoms with Crippen LogP contribution >= 0.6 is 11.6 Å². The van der Waals surface area contributed by atoms with Gasteiger partial charge in [0.1, 0.15) is 0 Å². The van der Waals surface area contributed by atoms with E-state index in [0.717, 1.165) is 40.5 Å². The summed E-state index contributed by atoms with van der Waals surface area (Å²) >= 11 is 6.21. The molecule has 0 radical (unpaired) electrons. The highest BCUT2D eigenvalue weighted by Gasteiger charge is 2.51. The maximum absolute atomic E-state index is 11.7. The van der Waals surface area contributed by atoms with Crippen LogP contribution in [-0.2, 0) is 5.60 Å². The van der Waals surface area contributed by atoms with E-state index in [9.17, 15) is 5.11 Å². The molecule has 2 aromatic rings. The van der Waals surface area contributed by atoms with Crippen LogP contribution in [-0.4, -0.2) is 5.11 Å². The van der Waals surface area contributed by atoms with E-state index < -0.39 is 5.60 Å². The summed E-state index contributed by atoms with van der Waals surface area (Å²) in [6.45, 7) is 2.29. The molecule has 2 bridgehead atoms. The molecule has 1 N–H and O–H groups in total. The lowest BCUT2D eigenvalue weighted by Gasteiger charge is -2.34. The standard InChI is InChI=1S/C22H25ClO/c1-2-15-10-16-12-18(11-15)22(24,14-16)21-9-4-3-8-20(21)17-6-5-7-19(23)13-17/h3-9,13,15-16,18,24H,2,10-12,14H2,1H3. The van der Waals surface area contributed by atoms with Crippen molar-refractivity contribution in [3.63, 3.8) is 0 Å². The van der Waals surface area contributed by atoms with Crippen molar-refractivity contribution in [3.8, 4) is 11.1 Å². The van der Waals surface area contributed by atoms with Gasteiger partial charge in [-0.1, -0.05) is 61.3 Å². The average molecular weight is 341 g/mol. The molecule has 0 aromatic heterocycles. The number of fused-ring (bicyclic) bond motifs is 2. The fourth-order valence-electron chi connectivity index (χ4n) is 5.16. The maximum atomic E-state index is 11.7. The van der Waals surface area contributed by atoms with Gasteiger partial charge >= 0.3 is 0 Å². The van der Waals surface area contributed by atoms with E-state index in [0.29, 0.717) is 11.8 Å². The zero-order valence-electron chi connectivity index (χ0n) is 14.2. The summed E-state index contributed by atoms with van der Waals surface area (Å²) < 4.78 is 0.